The lowest BCUT2D eigenvalue weighted by molar-refractivity contribution is -0.122. The first-order chi connectivity index (χ1) is 12.6. The minimum Gasteiger partial charge on any atom is -0.379 e. The van der Waals surface area contributed by atoms with Crippen molar-refractivity contribution >= 4 is 27.5 Å². The van der Waals surface area contributed by atoms with Gasteiger partial charge in [0.1, 0.15) is 5.44 Å². The van der Waals surface area contributed by atoms with E-state index in [4.69, 9.17) is 19.9 Å². The van der Waals surface area contributed by atoms with E-state index in [2.05, 4.69) is 17.2 Å². The smallest absolute Gasteiger partial charge is 0.223 e. The molecule has 3 N–H and O–H groups in total. The van der Waals surface area contributed by atoms with Gasteiger partial charge in [0.15, 0.2) is 0 Å². The van der Waals surface area contributed by atoms with Crippen LogP contribution in [0.25, 0.3) is 0 Å². The van der Waals surface area contributed by atoms with Crippen LogP contribution in [0.3, 0.4) is 0 Å². The fourth-order valence-corrected chi connectivity index (χ4v) is 3.49. The van der Waals surface area contributed by atoms with Crippen LogP contribution in [-0.2, 0) is 19.0 Å². The van der Waals surface area contributed by atoms with Gasteiger partial charge in [-0.3, -0.25) is 4.79 Å². The van der Waals surface area contributed by atoms with Crippen molar-refractivity contribution < 1.29 is 19.0 Å². The van der Waals surface area contributed by atoms with Crippen LogP contribution in [0, 0.1) is 17.8 Å². The van der Waals surface area contributed by atoms with Gasteiger partial charge in [0.2, 0.25) is 5.91 Å². The molecular formula is C18H34N2O4S2. The molecule has 0 rings (SSSR count). The summed E-state index contributed by atoms with van der Waals surface area (Å²) in [4.78, 5) is 11.5. The molecule has 0 aromatic carbocycles. The van der Waals surface area contributed by atoms with Crippen LogP contribution >= 0.6 is 21.6 Å². The summed E-state index contributed by atoms with van der Waals surface area (Å²) in [6.07, 6.45) is 4.29. The highest BCUT2D eigenvalue weighted by atomic mass is 33.1. The maximum absolute atomic E-state index is 11.5. The van der Waals surface area contributed by atoms with Gasteiger partial charge in [0.25, 0.3) is 0 Å². The summed E-state index contributed by atoms with van der Waals surface area (Å²) in [6.45, 7) is 7.54. The van der Waals surface area contributed by atoms with Crippen molar-refractivity contribution in [2.75, 3.05) is 52.4 Å². The van der Waals surface area contributed by atoms with Crippen molar-refractivity contribution in [3.63, 3.8) is 0 Å². The van der Waals surface area contributed by atoms with Crippen LogP contribution in [0.5, 0.6) is 0 Å². The zero-order valence-corrected chi connectivity index (χ0v) is 17.9. The van der Waals surface area contributed by atoms with E-state index in [9.17, 15) is 4.79 Å². The van der Waals surface area contributed by atoms with Gasteiger partial charge in [0.05, 0.1) is 39.6 Å². The zero-order chi connectivity index (χ0) is 19.5. The minimum atomic E-state index is -0.0489. The van der Waals surface area contributed by atoms with Crippen LogP contribution in [0.1, 0.15) is 33.1 Å². The minimum absolute atomic E-state index is 0.0489. The van der Waals surface area contributed by atoms with Crippen molar-refractivity contribution in [3.05, 3.63) is 0 Å². The van der Waals surface area contributed by atoms with Gasteiger partial charge in [-0.05, 0) is 25.6 Å². The third-order valence-corrected chi connectivity index (χ3v) is 4.99. The van der Waals surface area contributed by atoms with Crippen molar-refractivity contribution in [2.45, 2.75) is 38.5 Å². The first-order valence-corrected chi connectivity index (χ1v) is 11.6. The monoisotopic (exact) mass is 406 g/mol. The number of hydrogen-bond donors (Lipinski definition) is 2. The summed E-state index contributed by atoms with van der Waals surface area (Å²) in [5.41, 5.74) is 5.69. The third kappa shape index (κ3) is 18.4. The lowest BCUT2D eigenvalue weighted by Crippen LogP contribution is -2.25. The van der Waals surface area contributed by atoms with Gasteiger partial charge in [-0.15, -0.1) is 0 Å². The molecule has 0 radical (unpaired) electrons. The van der Waals surface area contributed by atoms with Gasteiger partial charge in [-0.25, -0.2) is 0 Å². The van der Waals surface area contributed by atoms with E-state index in [1.165, 1.54) is 0 Å². The molecule has 1 unspecified atom stereocenters. The molecule has 0 saturated carbocycles. The van der Waals surface area contributed by atoms with Crippen molar-refractivity contribution in [1.29, 1.82) is 0 Å². The predicted octanol–water partition coefficient (Wildman–Crippen LogP) is 2.28. The van der Waals surface area contributed by atoms with E-state index in [1.807, 2.05) is 20.1 Å². The highest BCUT2D eigenvalue weighted by molar-refractivity contribution is 8.76. The summed E-state index contributed by atoms with van der Waals surface area (Å²) in [5, 5.41) is 2.74. The number of nitrogens with two attached hydrogens (primary N) is 1. The van der Waals surface area contributed by atoms with Crippen molar-refractivity contribution in [1.82, 2.24) is 5.32 Å². The molecule has 0 saturated heterocycles. The molecule has 0 aromatic heterocycles. The lowest BCUT2D eigenvalue weighted by atomic mass is 10.2. The summed E-state index contributed by atoms with van der Waals surface area (Å²) in [7, 11) is 3.41. The van der Waals surface area contributed by atoms with E-state index in [0.717, 1.165) is 12.8 Å². The Morgan fingerprint density at radius 3 is 2.50 bits per heavy atom. The average molecular weight is 407 g/mol. The first-order valence-electron chi connectivity index (χ1n) is 9.01. The Hall–Kier alpha value is -0.430. The summed E-state index contributed by atoms with van der Waals surface area (Å²) < 4.78 is 16.6. The zero-order valence-electron chi connectivity index (χ0n) is 16.3. The molecular weight excluding hydrogens is 372 g/mol. The maximum atomic E-state index is 11.5. The van der Waals surface area contributed by atoms with E-state index < -0.39 is 0 Å². The van der Waals surface area contributed by atoms with Gasteiger partial charge >= 0.3 is 0 Å². The van der Waals surface area contributed by atoms with E-state index in [-0.39, 0.29) is 11.3 Å². The average Bonchev–Trinajstić information content (AvgIpc) is 2.61. The van der Waals surface area contributed by atoms with Gasteiger partial charge in [0, 0.05) is 12.3 Å². The number of rotatable bonds is 16. The number of amides is 1. The molecule has 0 aliphatic heterocycles. The van der Waals surface area contributed by atoms with E-state index >= 15 is 0 Å². The molecule has 0 aliphatic carbocycles. The molecule has 0 spiro atoms. The van der Waals surface area contributed by atoms with Crippen LogP contribution in [0.15, 0.2) is 0 Å². The third-order valence-electron chi connectivity index (χ3n) is 2.99. The number of nitrogens with one attached hydrogen (secondary N) is 1. The van der Waals surface area contributed by atoms with E-state index in [0.29, 0.717) is 58.5 Å². The highest BCUT2D eigenvalue weighted by Crippen LogP contribution is 2.27. The second kappa shape index (κ2) is 19.3. The number of hydrogen-bond acceptors (Lipinski definition) is 7. The van der Waals surface area contributed by atoms with Crippen molar-refractivity contribution in [2.24, 2.45) is 11.7 Å². The molecule has 0 aromatic rings. The van der Waals surface area contributed by atoms with Crippen LogP contribution < -0.4 is 11.1 Å². The van der Waals surface area contributed by atoms with E-state index in [1.54, 1.807) is 21.6 Å². The fraction of sp³-hybridized carbons (Fsp3) is 0.833. The standard InChI is InChI=1S/C18H34N2O4S2/c1-16(2)6-5-10-20-17(21)8-11-22-12-13-23-14-15-24-18(26-25-3)7-4-9-19/h16,18H,4,7-15,19H2,1-3H3,(H,20,21). The Morgan fingerprint density at radius 2 is 1.85 bits per heavy atom. The van der Waals surface area contributed by atoms with Crippen LogP contribution in [0.2, 0.25) is 0 Å². The molecule has 6 nitrogen and oxygen atoms in total. The summed E-state index contributed by atoms with van der Waals surface area (Å²) >= 11 is 0. The van der Waals surface area contributed by atoms with Gasteiger partial charge in [-0.1, -0.05) is 47.3 Å². The Morgan fingerprint density at radius 1 is 1.15 bits per heavy atom. The molecule has 8 heteroatoms. The van der Waals surface area contributed by atoms with Crippen molar-refractivity contribution in [3.8, 4) is 11.8 Å². The highest BCUT2D eigenvalue weighted by Gasteiger charge is 2.08. The van der Waals surface area contributed by atoms with Gasteiger partial charge in [-0.2, -0.15) is 0 Å². The molecule has 1 amide bonds. The topological polar surface area (TPSA) is 82.8 Å². The molecule has 0 aliphatic rings. The van der Waals surface area contributed by atoms with Gasteiger partial charge < -0.3 is 25.3 Å². The molecule has 0 heterocycles. The first kappa shape index (κ1) is 25.6. The quantitative estimate of drug-likeness (QED) is 0.176. The second-order valence-corrected chi connectivity index (χ2v) is 8.35. The summed E-state index contributed by atoms with van der Waals surface area (Å²) in [6, 6.07) is 0. The Bertz CT molecular complexity index is 400. The largest absolute Gasteiger partial charge is 0.379 e. The Kier molecular flexibility index (Phi) is 19.0. The molecule has 0 bridgehead atoms. The molecule has 0 fully saturated rings. The SMILES string of the molecule is CSSC(CCCN)OCCOCCOCCC(=O)NCC#CC(C)C. The molecule has 26 heavy (non-hydrogen) atoms. The van der Waals surface area contributed by atoms with Crippen LogP contribution in [0.4, 0.5) is 0 Å². The van der Waals surface area contributed by atoms with Crippen LogP contribution in [-0.4, -0.2) is 63.7 Å². The Balaban J connectivity index is 3.45. The number of carbonyl (C=O) groups excluding carboxylic acids is 1. The Labute approximate surface area is 166 Å². The number of carbonyl (C=O) groups is 1. The maximum Gasteiger partial charge on any atom is 0.223 e. The second-order valence-electron chi connectivity index (χ2n) is 5.72. The predicted molar refractivity (Wildman–Crippen MR) is 111 cm³/mol. The summed E-state index contributed by atoms with van der Waals surface area (Å²) in [5.74, 6) is 6.18. The fourth-order valence-electron chi connectivity index (χ4n) is 1.76. The lowest BCUT2D eigenvalue weighted by Gasteiger charge is -2.15. The molecule has 152 valence electrons. The normalized spacial score (nSPS) is 11.9. The number of ether oxygens (including phenoxy) is 3. The molecule has 1 atom stereocenters.